The number of likely N-dealkylation sites (N-methyl/N-ethyl adjacent to an activating group) is 1. The van der Waals surface area contributed by atoms with Crippen molar-refractivity contribution < 1.29 is 23.0 Å². The molecule has 2 heterocycles. The van der Waals surface area contributed by atoms with Crippen LogP contribution in [0.25, 0.3) is 0 Å². The van der Waals surface area contributed by atoms with Crippen molar-refractivity contribution in [3.63, 3.8) is 0 Å². The number of rotatable bonds is 6. The monoisotopic (exact) mass is 529 g/mol. The topological polar surface area (TPSA) is 78.1 Å². The van der Waals surface area contributed by atoms with Crippen molar-refractivity contribution in [3.05, 3.63) is 53.1 Å². The number of benzene rings is 2. The predicted octanol–water partition coefficient (Wildman–Crippen LogP) is 3.24. The predicted molar refractivity (Wildman–Crippen MR) is 142 cm³/mol. The van der Waals surface area contributed by atoms with E-state index in [0.29, 0.717) is 24.8 Å². The van der Waals surface area contributed by atoms with E-state index in [0.717, 1.165) is 38.3 Å². The molecular formula is C28H37F2N5O3. The number of carbonyl (C=O) groups is 1. The van der Waals surface area contributed by atoms with E-state index in [1.807, 2.05) is 24.3 Å². The van der Waals surface area contributed by atoms with E-state index in [1.54, 1.807) is 0 Å². The van der Waals surface area contributed by atoms with E-state index < -0.39 is 11.6 Å². The second-order valence-electron chi connectivity index (χ2n) is 10.5. The molecule has 38 heavy (non-hydrogen) atoms. The molecular weight excluding hydrogens is 492 g/mol. The van der Waals surface area contributed by atoms with Gasteiger partial charge < -0.3 is 24.6 Å². The van der Waals surface area contributed by atoms with Gasteiger partial charge in [0, 0.05) is 54.5 Å². The van der Waals surface area contributed by atoms with Gasteiger partial charge >= 0.3 is 0 Å². The highest BCUT2D eigenvalue weighted by Gasteiger charge is 2.43. The van der Waals surface area contributed by atoms with Crippen LogP contribution in [0.15, 0.2) is 30.3 Å². The van der Waals surface area contributed by atoms with E-state index >= 15 is 8.78 Å². The number of nitrogens with zero attached hydrogens (tertiary/aromatic N) is 2. The maximum atomic E-state index is 15.1. The van der Waals surface area contributed by atoms with Gasteiger partial charge in [0.25, 0.3) is 5.91 Å². The Kier molecular flexibility index (Phi) is 8.01. The summed E-state index contributed by atoms with van der Waals surface area (Å²) in [4.78, 5) is 17.8. The Morgan fingerprint density at radius 3 is 2.37 bits per heavy atom. The molecule has 1 saturated carbocycles. The first-order valence-electron chi connectivity index (χ1n) is 13.3. The summed E-state index contributed by atoms with van der Waals surface area (Å²) >= 11 is 0. The molecule has 10 heteroatoms. The Balaban J connectivity index is 1.22. The minimum absolute atomic E-state index is 0.00470. The summed E-state index contributed by atoms with van der Waals surface area (Å²) in [7, 11) is 4.85. The number of methoxy groups -OCH3 is 2. The lowest BCUT2D eigenvalue weighted by atomic mass is 9.75. The number of ether oxygens (including phenoxy) is 2. The molecule has 3 aliphatic rings. The largest absolute Gasteiger partial charge is 0.494 e. The van der Waals surface area contributed by atoms with Gasteiger partial charge in [0.1, 0.15) is 0 Å². The number of hydrogen-bond acceptors (Lipinski definition) is 7. The third-order valence-electron chi connectivity index (χ3n) is 8.27. The van der Waals surface area contributed by atoms with Crippen molar-refractivity contribution in [1.82, 2.24) is 21.1 Å². The van der Waals surface area contributed by atoms with Crippen LogP contribution in [-0.4, -0.2) is 70.5 Å². The number of hydrazine groups is 1. The number of nitrogens with one attached hydrogen (secondary N) is 3. The molecule has 3 N–H and O–H groups in total. The van der Waals surface area contributed by atoms with Crippen LogP contribution in [0.3, 0.4) is 0 Å². The molecule has 8 nitrogen and oxygen atoms in total. The standard InChI is InChI=1S/C28H37F2N5O3/c1-34-11-4-12-35(14-13-34)19-8-5-17(6-9-19)28(36)31-27-20-10-7-18(15-21(20)32-33-27)24-25(29)22(37-2)16-23(38-3)26(24)30/h5-6,8-9,16,18,20-21,27,32-33H,4,7,10-15H2,1-3H3,(H,31,36). The molecule has 2 saturated heterocycles. The molecule has 0 spiro atoms. The average molecular weight is 530 g/mol. The summed E-state index contributed by atoms with van der Waals surface area (Å²) in [5.41, 5.74) is 8.17. The van der Waals surface area contributed by atoms with E-state index in [1.165, 1.54) is 20.3 Å². The Hall–Kier alpha value is -2.95. The number of amides is 1. The lowest BCUT2D eigenvalue weighted by Crippen LogP contribution is -2.47. The molecule has 2 aliphatic heterocycles. The molecule has 0 aromatic heterocycles. The van der Waals surface area contributed by atoms with Crippen molar-refractivity contribution in [3.8, 4) is 11.5 Å². The highest BCUT2D eigenvalue weighted by molar-refractivity contribution is 5.94. The maximum absolute atomic E-state index is 15.1. The van der Waals surface area contributed by atoms with Gasteiger partial charge in [-0.05, 0) is 69.5 Å². The first-order valence-corrected chi connectivity index (χ1v) is 13.3. The highest BCUT2D eigenvalue weighted by atomic mass is 19.1. The fourth-order valence-corrected chi connectivity index (χ4v) is 6.08. The van der Waals surface area contributed by atoms with Crippen molar-refractivity contribution in [2.24, 2.45) is 5.92 Å². The Morgan fingerprint density at radius 1 is 0.974 bits per heavy atom. The summed E-state index contributed by atoms with van der Waals surface area (Å²) in [6, 6.07) is 8.97. The van der Waals surface area contributed by atoms with Crippen LogP contribution in [0.5, 0.6) is 11.5 Å². The number of anilines is 1. The highest BCUT2D eigenvalue weighted by Crippen LogP contribution is 2.44. The molecule has 3 fully saturated rings. The number of carbonyl (C=O) groups excluding carboxylic acids is 1. The van der Waals surface area contributed by atoms with Crippen LogP contribution in [0.1, 0.15) is 47.5 Å². The molecule has 1 aliphatic carbocycles. The molecule has 4 atom stereocenters. The smallest absolute Gasteiger partial charge is 0.252 e. The zero-order valence-electron chi connectivity index (χ0n) is 22.2. The third kappa shape index (κ3) is 5.30. The van der Waals surface area contributed by atoms with Crippen LogP contribution >= 0.6 is 0 Å². The molecule has 2 aromatic carbocycles. The Bertz CT molecular complexity index is 1120. The van der Waals surface area contributed by atoms with Gasteiger partial charge in [0.05, 0.1) is 20.4 Å². The van der Waals surface area contributed by atoms with E-state index in [9.17, 15) is 4.79 Å². The fraction of sp³-hybridized carbons (Fsp3) is 0.536. The van der Waals surface area contributed by atoms with E-state index in [-0.39, 0.29) is 47.0 Å². The van der Waals surface area contributed by atoms with Crippen LogP contribution in [-0.2, 0) is 0 Å². The van der Waals surface area contributed by atoms with Crippen molar-refractivity contribution >= 4 is 11.6 Å². The zero-order valence-corrected chi connectivity index (χ0v) is 22.2. The normalized spacial score (nSPS) is 26.0. The van der Waals surface area contributed by atoms with Gasteiger partial charge in [0.2, 0.25) is 0 Å². The average Bonchev–Trinajstić information content (AvgIpc) is 3.19. The quantitative estimate of drug-likeness (QED) is 0.530. The van der Waals surface area contributed by atoms with Gasteiger partial charge in [-0.25, -0.2) is 14.2 Å². The summed E-state index contributed by atoms with van der Waals surface area (Å²) in [5, 5.41) is 3.10. The van der Waals surface area contributed by atoms with E-state index in [4.69, 9.17) is 9.47 Å². The van der Waals surface area contributed by atoms with Crippen LogP contribution in [0, 0.1) is 17.6 Å². The number of fused-ring (bicyclic) bond motifs is 1. The van der Waals surface area contributed by atoms with Gasteiger partial charge in [-0.15, -0.1) is 0 Å². The Labute approximate surface area is 222 Å². The minimum Gasteiger partial charge on any atom is -0.494 e. The lowest BCUT2D eigenvalue weighted by Gasteiger charge is -2.33. The van der Waals surface area contributed by atoms with Crippen molar-refractivity contribution in [2.45, 2.75) is 43.8 Å². The number of hydrogen-bond donors (Lipinski definition) is 3. The van der Waals surface area contributed by atoms with Gasteiger partial charge in [-0.1, -0.05) is 0 Å². The maximum Gasteiger partial charge on any atom is 0.252 e. The second kappa shape index (κ2) is 11.4. The van der Waals surface area contributed by atoms with Crippen LogP contribution in [0.2, 0.25) is 0 Å². The van der Waals surface area contributed by atoms with Crippen molar-refractivity contribution in [2.75, 3.05) is 52.3 Å². The molecule has 0 bridgehead atoms. The summed E-state index contributed by atoms with van der Waals surface area (Å²) in [6.45, 7) is 4.10. The van der Waals surface area contributed by atoms with Crippen molar-refractivity contribution in [1.29, 1.82) is 0 Å². The third-order valence-corrected chi connectivity index (χ3v) is 8.27. The molecule has 0 radical (unpaired) electrons. The van der Waals surface area contributed by atoms with Gasteiger partial charge in [-0.2, -0.15) is 0 Å². The lowest BCUT2D eigenvalue weighted by molar-refractivity contribution is 0.0915. The number of halogens is 2. The zero-order chi connectivity index (χ0) is 26.8. The summed E-state index contributed by atoms with van der Waals surface area (Å²) in [5.74, 6) is -1.81. The molecule has 206 valence electrons. The van der Waals surface area contributed by atoms with Crippen LogP contribution in [0.4, 0.5) is 14.5 Å². The first kappa shape index (κ1) is 26.6. The van der Waals surface area contributed by atoms with Gasteiger partial charge in [-0.3, -0.25) is 10.2 Å². The van der Waals surface area contributed by atoms with Gasteiger partial charge in [0.15, 0.2) is 23.1 Å². The summed E-state index contributed by atoms with van der Waals surface area (Å²) in [6.07, 6.45) is 2.65. The Morgan fingerprint density at radius 2 is 1.68 bits per heavy atom. The summed E-state index contributed by atoms with van der Waals surface area (Å²) < 4.78 is 40.4. The first-order chi connectivity index (χ1) is 18.4. The second-order valence-corrected chi connectivity index (χ2v) is 10.5. The molecule has 1 amide bonds. The van der Waals surface area contributed by atoms with Crippen LogP contribution < -0.4 is 30.5 Å². The molecule has 5 rings (SSSR count). The molecule has 4 unspecified atom stereocenters. The fourth-order valence-electron chi connectivity index (χ4n) is 6.08. The molecule has 2 aromatic rings. The minimum atomic E-state index is -0.680. The SMILES string of the molecule is COc1cc(OC)c(F)c(C2CCC3C(C2)NNC3NC(=O)c2ccc(N3CCCN(C)CC3)cc2)c1F. The van der Waals surface area contributed by atoms with E-state index in [2.05, 4.69) is 33.0 Å².